The van der Waals surface area contributed by atoms with Crippen LogP contribution in [-0.4, -0.2) is 39.2 Å². The van der Waals surface area contributed by atoms with Gasteiger partial charge in [0.25, 0.3) is 0 Å². The minimum absolute atomic E-state index is 0.0320. The van der Waals surface area contributed by atoms with Crippen molar-refractivity contribution in [2.24, 2.45) is 0 Å². The van der Waals surface area contributed by atoms with E-state index in [1.165, 1.54) is 6.07 Å². The summed E-state index contributed by atoms with van der Waals surface area (Å²) in [6.45, 7) is 1.12. The van der Waals surface area contributed by atoms with Crippen molar-refractivity contribution in [3.05, 3.63) is 65.1 Å². The molecule has 6 nitrogen and oxygen atoms in total. The number of benzene rings is 1. The third-order valence-corrected chi connectivity index (χ3v) is 5.13. The van der Waals surface area contributed by atoms with E-state index in [-0.39, 0.29) is 23.8 Å². The lowest BCUT2D eigenvalue weighted by Gasteiger charge is -2.20. The average molecular weight is 424 g/mol. The maximum atomic E-state index is 12.9. The molecule has 1 aromatic carbocycles. The summed E-state index contributed by atoms with van der Waals surface area (Å²) >= 11 is 6.06. The molecular weight excluding hydrogens is 407 g/mol. The Morgan fingerprint density at radius 1 is 1.24 bits per heavy atom. The van der Waals surface area contributed by atoms with Crippen LogP contribution in [0.5, 0.6) is 0 Å². The molecule has 2 atom stereocenters. The quantitative estimate of drug-likeness (QED) is 0.677. The molecule has 4 rings (SSSR count). The van der Waals surface area contributed by atoms with E-state index in [9.17, 15) is 13.2 Å². The van der Waals surface area contributed by atoms with E-state index < -0.39 is 11.7 Å². The molecule has 152 valence electrons. The Bertz CT molecular complexity index is 979. The number of alkyl halides is 3. The minimum atomic E-state index is -4.43. The Labute approximate surface area is 169 Å². The number of hydrogen-bond donors (Lipinski definition) is 1. The molecule has 0 spiro atoms. The van der Waals surface area contributed by atoms with Gasteiger partial charge in [-0.2, -0.15) is 13.2 Å². The van der Waals surface area contributed by atoms with Gasteiger partial charge in [-0.1, -0.05) is 16.8 Å². The Kier molecular flexibility index (Phi) is 5.53. The Hall–Kier alpha value is -2.49. The van der Waals surface area contributed by atoms with Gasteiger partial charge in [-0.05, 0) is 35.9 Å². The molecule has 1 aliphatic heterocycles. The highest BCUT2D eigenvalue weighted by atomic mass is 35.5. The third kappa shape index (κ3) is 4.42. The van der Waals surface area contributed by atoms with Crippen molar-refractivity contribution in [2.45, 2.75) is 24.9 Å². The molecule has 0 saturated carbocycles. The van der Waals surface area contributed by atoms with Crippen LogP contribution < -0.4 is 5.32 Å². The van der Waals surface area contributed by atoms with Crippen LogP contribution in [0.3, 0.4) is 0 Å². The van der Waals surface area contributed by atoms with Crippen LogP contribution in [0, 0.1) is 0 Å². The van der Waals surface area contributed by atoms with E-state index in [4.69, 9.17) is 16.3 Å². The summed E-state index contributed by atoms with van der Waals surface area (Å²) < 4.78 is 46.5. The minimum Gasteiger partial charge on any atom is -0.370 e. The largest absolute Gasteiger partial charge is 0.416 e. The summed E-state index contributed by atoms with van der Waals surface area (Å²) in [5.74, 6) is 0. The van der Waals surface area contributed by atoms with Crippen LogP contribution in [0.4, 0.5) is 13.2 Å². The highest BCUT2D eigenvalue weighted by Crippen LogP contribution is 2.32. The topological polar surface area (TPSA) is 64.9 Å². The van der Waals surface area contributed by atoms with Gasteiger partial charge in [0, 0.05) is 36.1 Å². The summed E-state index contributed by atoms with van der Waals surface area (Å²) in [6.07, 6.45) is 0.467. The first-order chi connectivity index (χ1) is 13.9. The van der Waals surface area contributed by atoms with E-state index in [2.05, 4.69) is 20.6 Å². The smallest absolute Gasteiger partial charge is 0.370 e. The molecule has 2 unspecified atom stereocenters. The molecule has 0 amide bonds. The van der Waals surface area contributed by atoms with Crippen molar-refractivity contribution in [1.29, 1.82) is 0 Å². The third-order valence-electron chi connectivity index (χ3n) is 4.76. The SMILES string of the molecule is FC(F)(F)c1ccc(Cl)c(COC2CNCC2n2cc(-c3cccnc3)nn2)c1. The highest BCUT2D eigenvalue weighted by molar-refractivity contribution is 6.31. The maximum Gasteiger partial charge on any atom is 0.416 e. The van der Waals surface area contributed by atoms with Crippen molar-refractivity contribution < 1.29 is 17.9 Å². The van der Waals surface area contributed by atoms with E-state index in [1.807, 2.05) is 18.3 Å². The fourth-order valence-corrected chi connectivity index (χ4v) is 3.39. The zero-order valence-corrected chi connectivity index (χ0v) is 15.9. The monoisotopic (exact) mass is 423 g/mol. The predicted molar refractivity (Wildman–Crippen MR) is 100 cm³/mol. The molecule has 3 heterocycles. The number of halogens is 4. The Balaban J connectivity index is 1.47. The first-order valence-corrected chi connectivity index (χ1v) is 9.30. The maximum absolute atomic E-state index is 12.9. The zero-order valence-electron chi connectivity index (χ0n) is 15.1. The fourth-order valence-electron chi connectivity index (χ4n) is 3.22. The molecule has 1 aliphatic rings. The van der Waals surface area contributed by atoms with Crippen molar-refractivity contribution in [3.63, 3.8) is 0 Å². The van der Waals surface area contributed by atoms with Crippen LogP contribution in [0.25, 0.3) is 11.3 Å². The Morgan fingerprint density at radius 2 is 2.10 bits per heavy atom. The van der Waals surface area contributed by atoms with Crippen LogP contribution in [0.15, 0.2) is 48.9 Å². The second-order valence-electron chi connectivity index (χ2n) is 6.70. The molecule has 3 aromatic rings. The Morgan fingerprint density at radius 3 is 2.86 bits per heavy atom. The molecule has 1 N–H and O–H groups in total. The van der Waals surface area contributed by atoms with E-state index >= 15 is 0 Å². The van der Waals surface area contributed by atoms with Gasteiger partial charge >= 0.3 is 6.18 Å². The van der Waals surface area contributed by atoms with E-state index in [0.29, 0.717) is 24.3 Å². The van der Waals surface area contributed by atoms with Crippen LogP contribution >= 0.6 is 11.6 Å². The number of aromatic nitrogens is 4. The second kappa shape index (κ2) is 8.10. The zero-order chi connectivity index (χ0) is 20.4. The van der Waals surface area contributed by atoms with Gasteiger partial charge in [0.15, 0.2) is 0 Å². The molecule has 0 aliphatic carbocycles. The summed E-state index contributed by atoms with van der Waals surface area (Å²) in [7, 11) is 0. The standard InChI is InChI=1S/C19H17ClF3N5O/c20-15-4-3-14(19(21,22)23)6-13(15)11-29-18-9-25-8-17(18)28-10-16(26-27-28)12-2-1-5-24-7-12/h1-7,10,17-18,25H,8-9,11H2. The van der Waals surface area contributed by atoms with Gasteiger partial charge in [0.2, 0.25) is 0 Å². The molecule has 0 radical (unpaired) electrons. The second-order valence-corrected chi connectivity index (χ2v) is 7.11. The molecule has 2 aromatic heterocycles. The van der Waals surface area contributed by atoms with Crippen LogP contribution in [0.2, 0.25) is 5.02 Å². The van der Waals surface area contributed by atoms with Crippen molar-refractivity contribution in [3.8, 4) is 11.3 Å². The average Bonchev–Trinajstić information content (AvgIpc) is 3.36. The number of pyridine rings is 1. The lowest BCUT2D eigenvalue weighted by molar-refractivity contribution is -0.137. The van der Waals surface area contributed by atoms with Crippen molar-refractivity contribution in [1.82, 2.24) is 25.3 Å². The summed E-state index contributed by atoms with van der Waals surface area (Å²) in [5.41, 5.74) is 1.07. The van der Waals surface area contributed by atoms with Gasteiger partial charge in [-0.15, -0.1) is 5.10 Å². The highest BCUT2D eigenvalue weighted by Gasteiger charge is 2.32. The molecule has 29 heavy (non-hydrogen) atoms. The van der Waals surface area contributed by atoms with E-state index in [0.717, 1.165) is 17.7 Å². The van der Waals surface area contributed by atoms with Gasteiger partial charge in [-0.3, -0.25) is 4.98 Å². The van der Waals surface area contributed by atoms with E-state index in [1.54, 1.807) is 17.1 Å². The summed E-state index contributed by atoms with van der Waals surface area (Å²) in [4.78, 5) is 4.07. The number of nitrogens with zero attached hydrogens (tertiary/aromatic N) is 4. The number of nitrogens with one attached hydrogen (secondary N) is 1. The predicted octanol–water partition coefficient (Wildman–Crippen LogP) is 3.74. The number of rotatable bonds is 5. The van der Waals surface area contributed by atoms with Crippen LogP contribution in [0.1, 0.15) is 17.2 Å². The molecule has 1 fully saturated rings. The first kappa shape index (κ1) is 19.8. The number of ether oxygens (including phenoxy) is 1. The number of hydrogen-bond acceptors (Lipinski definition) is 5. The van der Waals surface area contributed by atoms with Gasteiger partial charge in [0.05, 0.1) is 30.5 Å². The summed E-state index contributed by atoms with van der Waals surface area (Å²) in [5, 5.41) is 11.8. The van der Waals surface area contributed by atoms with Gasteiger partial charge in [0.1, 0.15) is 5.69 Å². The normalized spacial score (nSPS) is 19.6. The van der Waals surface area contributed by atoms with Gasteiger partial charge < -0.3 is 10.1 Å². The molecular formula is C19H17ClF3N5O. The lowest BCUT2D eigenvalue weighted by Crippen LogP contribution is -2.26. The van der Waals surface area contributed by atoms with Gasteiger partial charge in [-0.25, -0.2) is 4.68 Å². The first-order valence-electron chi connectivity index (χ1n) is 8.92. The summed E-state index contributed by atoms with van der Waals surface area (Å²) in [6, 6.07) is 6.79. The lowest BCUT2D eigenvalue weighted by atomic mass is 10.1. The van der Waals surface area contributed by atoms with Crippen LogP contribution in [-0.2, 0) is 17.5 Å². The van der Waals surface area contributed by atoms with Crippen molar-refractivity contribution in [2.75, 3.05) is 13.1 Å². The van der Waals surface area contributed by atoms with Crippen molar-refractivity contribution >= 4 is 11.6 Å². The molecule has 10 heteroatoms. The fraction of sp³-hybridized carbons (Fsp3) is 0.316. The molecule has 0 bridgehead atoms. The molecule has 1 saturated heterocycles.